The average molecular weight is 355 g/mol. The van der Waals surface area contributed by atoms with Crippen LogP contribution in [0.4, 0.5) is 5.82 Å². The number of nitrogens with one attached hydrogen (secondary N) is 2. The van der Waals surface area contributed by atoms with Crippen LogP contribution >= 0.6 is 0 Å². The molecular weight excluding hydrogens is 334 g/mol. The van der Waals surface area contributed by atoms with Crippen molar-refractivity contribution >= 4 is 28.6 Å². The number of fused-ring (bicyclic) bond motifs is 1. The first-order valence-corrected chi connectivity index (χ1v) is 8.55. The van der Waals surface area contributed by atoms with E-state index in [0.29, 0.717) is 24.4 Å². The summed E-state index contributed by atoms with van der Waals surface area (Å²) in [6, 6.07) is 9.51. The summed E-state index contributed by atoms with van der Waals surface area (Å²) in [6.45, 7) is 3.51. The molecule has 26 heavy (non-hydrogen) atoms. The van der Waals surface area contributed by atoms with Crippen molar-refractivity contribution in [3.8, 4) is 0 Å². The highest BCUT2D eigenvalue weighted by Crippen LogP contribution is 2.19. The maximum Gasteiger partial charge on any atom is 0.306 e. The van der Waals surface area contributed by atoms with Gasteiger partial charge in [-0.05, 0) is 31.4 Å². The number of esters is 1. The van der Waals surface area contributed by atoms with E-state index in [2.05, 4.69) is 15.5 Å². The molecule has 0 fully saturated rings. The number of benzene rings is 1. The summed E-state index contributed by atoms with van der Waals surface area (Å²) in [5.41, 5.74) is 2.08. The van der Waals surface area contributed by atoms with Crippen LogP contribution in [0.25, 0.3) is 10.9 Å². The molecule has 3 rings (SSSR count). The van der Waals surface area contributed by atoms with E-state index < -0.39 is 18.0 Å². The van der Waals surface area contributed by atoms with Crippen molar-refractivity contribution in [2.75, 3.05) is 5.32 Å². The monoisotopic (exact) mass is 355 g/mol. The highest BCUT2D eigenvalue weighted by Gasteiger charge is 2.22. The van der Waals surface area contributed by atoms with Crippen molar-refractivity contribution in [2.24, 2.45) is 0 Å². The quantitative estimate of drug-likeness (QED) is 0.633. The van der Waals surface area contributed by atoms with Crippen molar-refractivity contribution in [1.82, 2.24) is 10.1 Å². The Bertz CT molecular complexity index is 912. The zero-order chi connectivity index (χ0) is 18.5. The van der Waals surface area contributed by atoms with Crippen LogP contribution < -0.4 is 5.32 Å². The first-order chi connectivity index (χ1) is 12.6. The number of carbonyl (C=O) groups excluding carboxylic acids is 2. The third-order valence-electron chi connectivity index (χ3n) is 4.09. The molecule has 0 saturated heterocycles. The van der Waals surface area contributed by atoms with Crippen molar-refractivity contribution in [2.45, 2.75) is 39.2 Å². The third-order valence-corrected chi connectivity index (χ3v) is 4.09. The molecule has 2 N–H and O–H groups in total. The molecule has 7 heteroatoms. The number of amides is 1. The van der Waals surface area contributed by atoms with Gasteiger partial charge in [-0.25, -0.2) is 0 Å². The number of aromatic amines is 1. The van der Waals surface area contributed by atoms with E-state index in [4.69, 9.17) is 9.26 Å². The van der Waals surface area contributed by atoms with E-state index in [-0.39, 0.29) is 6.42 Å². The van der Waals surface area contributed by atoms with Crippen molar-refractivity contribution in [3.63, 3.8) is 0 Å². The molecule has 1 aromatic carbocycles. The van der Waals surface area contributed by atoms with Gasteiger partial charge in [0.2, 0.25) is 0 Å². The second-order valence-electron chi connectivity index (χ2n) is 6.06. The number of carbonyl (C=O) groups is 2. The van der Waals surface area contributed by atoms with Crippen LogP contribution in [0.2, 0.25) is 0 Å². The van der Waals surface area contributed by atoms with Crippen molar-refractivity contribution in [1.29, 1.82) is 0 Å². The normalized spacial score (nSPS) is 12.1. The molecule has 2 aromatic heterocycles. The fourth-order valence-electron chi connectivity index (χ4n) is 2.75. The Balaban J connectivity index is 1.54. The van der Waals surface area contributed by atoms with E-state index >= 15 is 0 Å². The van der Waals surface area contributed by atoms with E-state index in [1.807, 2.05) is 30.5 Å². The molecule has 0 aliphatic rings. The lowest BCUT2D eigenvalue weighted by Gasteiger charge is -2.15. The Morgan fingerprint density at radius 2 is 2.15 bits per heavy atom. The van der Waals surface area contributed by atoms with Gasteiger partial charge in [-0.1, -0.05) is 30.3 Å². The third kappa shape index (κ3) is 4.11. The number of hydrogen-bond acceptors (Lipinski definition) is 5. The van der Waals surface area contributed by atoms with E-state index in [1.54, 1.807) is 19.9 Å². The zero-order valence-corrected chi connectivity index (χ0v) is 14.7. The van der Waals surface area contributed by atoms with Crippen LogP contribution in [0.5, 0.6) is 0 Å². The fraction of sp³-hybridized carbons (Fsp3) is 0.316. The number of hydrogen-bond donors (Lipinski definition) is 2. The molecule has 7 nitrogen and oxygen atoms in total. The summed E-state index contributed by atoms with van der Waals surface area (Å²) < 4.78 is 10.2. The summed E-state index contributed by atoms with van der Waals surface area (Å²) in [5, 5.41) is 7.38. The predicted molar refractivity (Wildman–Crippen MR) is 96.7 cm³/mol. The lowest BCUT2D eigenvalue weighted by atomic mass is 10.1. The van der Waals surface area contributed by atoms with Gasteiger partial charge in [0.15, 0.2) is 11.9 Å². The van der Waals surface area contributed by atoms with E-state index in [9.17, 15) is 9.59 Å². The van der Waals surface area contributed by atoms with Crippen LogP contribution in [-0.4, -0.2) is 28.1 Å². The number of rotatable bonds is 7. The van der Waals surface area contributed by atoms with Gasteiger partial charge in [-0.2, -0.15) is 0 Å². The highest BCUT2D eigenvalue weighted by molar-refractivity contribution is 5.94. The molecular formula is C19H21N3O4. The minimum atomic E-state index is -0.859. The number of nitrogens with zero attached hydrogens (tertiary/aromatic N) is 1. The smallest absolute Gasteiger partial charge is 0.306 e. The lowest BCUT2D eigenvalue weighted by molar-refractivity contribution is -0.154. The maximum absolute atomic E-state index is 12.2. The molecule has 0 radical (unpaired) electrons. The molecule has 0 spiro atoms. The molecule has 1 atom stereocenters. The van der Waals surface area contributed by atoms with Crippen LogP contribution in [0.1, 0.15) is 31.1 Å². The van der Waals surface area contributed by atoms with Gasteiger partial charge in [0, 0.05) is 29.6 Å². The Morgan fingerprint density at radius 3 is 2.88 bits per heavy atom. The molecule has 1 unspecified atom stereocenters. The van der Waals surface area contributed by atoms with Crippen LogP contribution in [-0.2, 0) is 20.7 Å². The Morgan fingerprint density at radius 1 is 1.35 bits per heavy atom. The molecule has 2 heterocycles. The lowest BCUT2D eigenvalue weighted by Crippen LogP contribution is -2.32. The number of H-pyrrole nitrogens is 1. The minimum absolute atomic E-state index is 0.203. The first kappa shape index (κ1) is 17.7. The Kier molecular flexibility index (Phi) is 5.36. The largest absolute Gasteiger partial charge is 0.452 e. The molecule has 136 valence electrons. The highest BCUT2D eigenvalue weighted by atomic mass is 16.5. The summed E-state index contributed by atoms with van der Waals surface area (Å²) in [5.74, 6) is 0.0692. The molecule has 0 aliphatic carbocycles. The van der Waals surface area contributed by atoms with E-state index in [1.165, 1.54) is 0 Å². The van der Waals surface area contributed by atoms with Gasteiger partial charge in [0.05, 0.1) is 0 Å². The maximum atomic E-state index is 12.2. The second-order valence-corrected chi connectivity index (χ2v) is 6.06. The number of aromatic nitrogens is 2. The van der Waals surface area contributed by atoms with Crippen molar-refractivity contribution in [3.05, 3.63) is 47.9 Å². The Labute approximate surface area is 150 Å². The molecule has 0 bridgehead atoms. The van der Waals surface area contributed by atoms with Crippen molar-refractivity contribution < 1.29 is 18.8 Å². The van der Waals surface area contributed by atoms with Gasteiger partial charge in [-0.3, -0.25) is 9.59 Å². The molecule has 0 saturated carbocycles. The van der Waals surface area contributed by atoms with Gasteiger partial charge < -0.3 is 19.6 Å². The van der Waals surface area contributed by atoms with Crippen LogP contribution in [0, 0.1) is 6.92 Å². The molecule has 0 aliphatic heterocycles. The average Bonchev–Trinajstić information content (AvgIpc) is 3.23. The minimum Gasteiger partial charge on any atom is -0.452 e. The number of para-hydroxylation sites is 1. The summed E-state index contributed by atoms with van der Waals surface area (Å²) in [6.07, 6.45) is 2.16. The Hall–Kier alpha value is -3.09. The topological polar surface area (TPSA) is 97.2 Å². The summed E-state index contributed by atoms with van der Waals surface area (Å²) >= 11 is 0. The van der Waals surface area contributed by atoms with Gasteiger partial charge in [-0.15, -0.1) is 0 Å². The predicted octanol–water partition coefficient (Wildman–Crippen LogP) is 3.36. The van der Waals surface area contributed by atoms with Gasteiger partial charge in [0.1, 0.15) is 5.76 Å². The number of anilines is 1. The molecule has 3 aromatic rings. The first-order valence-electron chi connectivity index (χ1n) is 8.55. The molecule has 1 amide bonds. The number of ether oxygens (including phenoxy) is 1. The zero-order valence-electron chi connectivity index (χ0n) is 14.7. The summed E-state index contributed by atoms with van der Waals surface area (Å²) in [7, 11) is 0. The standard InChI is InChI=1S/C19H21N3O4/c1-3-16(19(24)21-17-10-12(2)26-22-17)25-18(23)9-8-13-11-20-15-7-5-4-6-14(13)15/h4-7,10-11,16,20H,3,8-9H2,1-2H3,(H,21,22,24). The fourth-order valence-corrected chi connectivity index (χ4v) is 2.75. The second kappa shape index (κ2) is 7.86. The van der Waals surface area contributed by atoms with E-state index in [0.717, 1.165) is 16.5 Å². The van der Waals surface area contributed by atoms with Gasteiger partial charge in [0.25, 0.3) is 5.91 Å². The van der Waals surface area contributed by atoms with Gasteiger partial charge >= 0.3 is 5.97 Å². The number of aryl methyl sites for hydroxylation is 2. The van der Waals surface area contributed by atoms with Crippen LogP contribution in [0.3, 0.4) is 0 Å². The SMILES string of the molecule is CCC(OC(=O)CCc1c[nH]c2ccccc12)C(=O)Nc1cc(C)on1. The summed E-state index contributed by atoms with van der Waals surface area (Å²) in [4.78, 5) is 27.6. The van der Waals surface area contributed by atoms with Crippen LogP contribution in [0.15, 0.2) is 41.1 Å².